The summed E-state index contributed by atoms with van der Waals surface area (Å²) in [5.41, 5.74) is 4.57. The van der Waals surface area contributed by atoms with Crippen LogP contribution in [0.15, 0.2) is 121 Å². The number of halogens is 1. The first-order valence-corrected chi connectivity index (χ1v) is 12.8. The maximum absolute atomic E-state index is 6.49. The van der Waals surface area contributed by atoms with Gasteiger partial charge in [-0.3, -0.25) is 4.90 Å². The number of rotatable bonds is 4. The fourth-order valence-corrected chi connectivity index (χ4v) is 5.32. The molecule has 186 valence electrons. The van der Waals surface area contributed by atoms with Gasteiger partial charge in [-0.15, -0.1) is 0 Å². The number of benzene rings is 4. The van der Waals surface area contributed by atoms with E-state index in [1.165, 1.54) is 0 Å². The number of nitrogens with zero attached hydrogens (tertiary/aromatic N) is 5. The molecule has 4 aromatic carbocycles. The molecule has 38 heavy (non-hydrogen) atoms. The Morgan fingerprint density at radius 1 is 0.842 bits per heavy atom. The van der Waals surface area contributed by atoms with Crippen molar-refractivity contribution in [1.29, 1.82) is 0 Å². The van der Waals surface area contributed by atoms with E-state index in [2.05, 4.69) is 32.6 Å². The summed E-state index contributed by atoms with van der Waals surface area (Å²) in [7, 11) is 0. The first-order chi connectivity index (χ1) is 18.7. The molecule has 1 N–H and O–H groups in total. The van der Waals surface area contributed by atoms with Crippen molar-refractivity contribution in [3.63, 3.8) is 0 Å². The van der Waals surface area contributed by atoms with Gasteiger partial charge in [0.1, 0.15) is 5.69 Å². The molecule has 0 aliphatic carbocycles. The van der Waals surface area contributed by atoms with Crippen LogP contribution >= 0.6 is 11.6 Å². The molecule has 2 unspecified atom stereocenters. The van der Waals surface area contributed by atoms with Crippen LogP contribution in [-0.4, -0.2) is 20.8 Å². The molecule has 0 saturated heterocycles. The molecular weight excluding hydrogens is 496 g/mol. The van der Waals surface area contributed by atoms with Gasteiger partial charge < -0.3 is 10.2 Å². The smallest absolute Gasteiger partial charge is 0.243 e. The Kier molecular flexibility index (Phi) is 5.37. The molecule has 0 radical (unpaired) electrons. The van der Waals surface area contributed by atoms with Crippen LogP contribution < -0.4 is 10.2 Å². The summed E-state index contributed by atoms with van der Waals surface area (Å²) < 4.78 is 0. The molecule has 0 saturated carbocycles. The van der Waals surface area contributed by atoms with E-state index in [0.29, 0.717) is 11.4 Å². The average molecular weight is 519 g/mol. The monoisotopic (exact) mass is 518 g/mol. The summed E-state index contributed by atoms with van der Waals surface area (Å²) in [5, 5.41) is 18.5. The maximum atomic E-state index is 6.49. The van der Waals surface area contributed by atoms with E-state index in [4.69, 9.17) is 21.5 Å². The topological polar surface area (TPSA) is 67.6 Å². The number of aromatic nitrogens is 3. The second-order valence-electron chi connectivity index (χ2n) is 9.31. The van der Waals surface area contributed by atoms with Gasteiger partial charge in [0.25, 0.3) is 0 Å². The van der Waals surface area contributed by atoms with Crippen molar-refractivity contribution in [1.82, 2.24) is 15.0 Å². The molecule has 5 aromatic rings. The Hall–Kier alpha value is -4.62. The Labute approximate surface area is 224 Å². The van der Waals surface area contributed by atoms with Crippen molar-refractivity contribution in [2.24, 2.45) is 5.16 Å². The number of hydrogen-bond acceptors (Lipinski definition) is 6. The number of hydrogen-bond donors (Lipinski definition) is 1. The fraction of sp³-hybridized carbons (Fsp3) is 0.100. The molecule has 7 nitrogen and oxygen atoms in total. The third-order valence-electron chi connectivity index (χ3n) is 6.99. The predicted octanol–water partition coefficient (Wildman–Crippen LogP) is 6.53. The van der Waals surface area contributed by atoms with Gasteiger partial charge in [0.15, 0.2) is 5.84 Å². The van der Waals surface area contributed by atoms with Crippen LogP contribution in [-0.2, 0) is 10.6 Å². The minimum absolute atomic E-state index is 0.223. The van der Waals surface area contributed by atoms with Crippen molar-refractivity contribution < 1.29 is 4.84 Å². The highest BCUT2D eigenvalue weighted by Crippen LogP contribution is 2.51. The van der Waals surface area contributed by atoms with Crippen LogP contribution in [0.1, 0.15) is 29.3 Å². The van der Waals surface area contributed by atoms with Gasteiger partial charge in [-0.2, -0.15) is 15.0 Å². The maximum Gasteiger partial charge on any atom is 0.243 e. The number of nitrogens with one attached hydrogen (secondary N) is 1. The molecule has 0 fully saturated rings. The van der Waals surface area contributed by atoms with Crippen LogP contribution in [0.3, 0.4) is 0 Å². The number of para-hydroxylation sites is 3. The minimum atomic E-state index is -0.948. The van der Waals surface area contributed by atoms with Gasteiger partial charge in [-0.05, 0) is 36.4 Å². The lowest BCUT2D eigenvalue weighted by atomic mass is 9.92. The molecule has 0 amide bonds. The second-order valence-corrected chi connectivity index (χ2v) is 9.75. The molecule has 2 aliphatic rings. The molecule has 2 atom stereocenters. The lowest BCUT2D eigenvalue weighted by Crippen LogP contribution is -2.47. The van der Waals surface area contributed by atoms with Crippen molar-refractivity contribution in [3.05, 3.63) is 137 Å². The van der Waals surface area contributed by atoms with Crippen LogP contribution in [0, 0.1) is 0 Å². The number of oxime groups is 1. The molecule has 0 spiro atoms. The second kappa shape index (κ2) is 9.04. The number of fused-ring (bicyclic) bond motifs is 3. The highest BCUT2D eigenvalue weighted by molar-refractivity contribution is 6.30. The zero-order valence-electron chi connectivity index (χ0n) is 20.3. The molecular formula is C30H23ClN6O. The Morgan fingerprint density at radius 3 is 2.34 bits per heavy atom. The van der Waals surface area contributed by atoms with Crippen molar-refractivity contribution >= 4 is 28.8 Å². The first kappa shape index (κ1) is 22.6. The average Bonchev–Trinajstić information content (AvgIpc) is 3.58. The summed E-state index contributed by atoms with van der Waals surface area (Å²) in [4.78, 5) is 10.3. The Bertz CT molecular complexity index is 1620. The van der Waals surface area contributed by atoms with Gasteiger partial charge >= 0.3 is 0 Å². The molecule has 7 rings (SSSR count). The zero-order chi connectivity index (χ0) is 25.5. The number of anilines is 2. The third-order valence-corrected chi connectivity index (χ3v) is 7.24. The molecule has 8 heteroatoms. The highest BCUT2D eigenvalue weighted by Gasteiger charge is 2.53. The van der Waals surface area contributed by atoms with E-state index in [-0.39, 0.29) is 6.04 Å². The van der Waals surface area contributed by atoms with E-state index in [1.807, 2.05) is 103 Å². The van der Waals surface area contributed by atoms with E-state index in [0.717, 1.165) is 39.7 Å². The summed E-state index contributed by atoms with van der Waals surface area (Å²) in [6, 6.07) is 35.8. The minimum Gasteiger partial charge on any atom is -0.375 e. The fourth-order valence-electron chi connectivity index (χ4n) is 5.19. The first-order valence-electron chi connectivity index (χ1n) is 12.4. The molecule has 2 aliphatic heterocycles. The van der Waals surface area contributed by atoms with Crippen LogP contribution in [0.25, 0.3) is 5.69 Å². The Morgan fingerprint density at radius 2 is 1.55 bits per heavy atom. The summed E-state index contributed by atoms with van der Waals surface area (Å²) in [5.74, 6) is 0.739. The van der Waals surface area contributed by atoms with Gasteiger partial charge in [-0.25, -0.2) is 0 Å². The number of amidine groups is 1. The summed E-state index contributed by atoms with van der Waals surface area (Å²) >= 11 is 6.30. The quantitative estimate of drug-likeness (QED) is 0.293. The van der Waals surface area contributed by atoms with E-state index >= 15 is 0 Å². The van der Waals surface area contributed by atoms with E-state index < -0.39 is 5.72 Å². The van der Waals surface area contributed by atoms with Gasteiger partial charge in [0.05, 0.1) is 29.3 Å². The summed E-state index contributed by atoms with van der Waals surface area (Å²) in [6.45, 7) is 0. The summed E-state index contributed by atoms with van der Waals surface area (Å²) in [6.07, 6.45) is 2.32. The van der Waals surface area contributed by atoms with Crippen LogP contribution in [0.5, 0.6) is 0 Å². The zero-order valence-corrected chi connectivity index (χ0v) is 21.0. The van der Waals surface area contributed by atoms with E-state index in [1.54, 1.807) is 4.80 Å². The SMILES string of the molecule is Clc1ccc(C23CC(c4cnn(-c5ccccc5)n4)Nc4ccccc4N2C(c2ccccc2)=NO3)cc1. The largest absolute Gasteiger partial charge is 0.375 e. The lowest BCUT2D eigenvalue weighted by Gasteiger charge is -2.37. The van der Waals surface area contributed by atoms with Crippen molar-refractivity contribution in [2.75, 3.05) is 10.2 Å². The van der Waals surface area contributed by atoms with Gasteiger partial charge in [-0.1, -0.05) is 89.6 Å². The van der Waals surface area contributed by atoms with Gasteiger partial charge in [0, 0.05) is 22.6 Å². The standard InChI is InChI=1S/C30H23ClN6O/c31-23-17-15-22(16-18-23)30-19-26(27-20-32-37(34-27)24-11-5-2-6-12-24)33-25-13-7-8-14-28(25)36(30)29(35-38-30)21-9-3-1-4-10-21/h1-18,20,26,33H,19H2. The van der Waals surface area contributed by atoms with Crippen LogP contribution in [0.2, 0.25) is 5.02 Å². The molecule has 0 bridgehead atoms. The van der Waals surface area contributed by atoms with Gasteiger partial charge in [0.2, 0.25) is 5.72 Å². The lowest BCUT2D eigenvalue weighted by molar-refractivity contribution is -0.0311. The predicted molar refractivity (Wildman–Crippen MR) is 148 cm³/mol. The normalized spacial score (nSPS) is 20.0. The van der Waals surface area contributed by atoms with Crippen molar-refractivity contribution in [2.45, 2.75) is 18.2 Å². The molecule has 3 heterocycles. The van der Waals surface area contributed by atoms with E-state index in [9.17, 15) is 0 Å². The third kappa shape index (κ3) is 3.71. The van der Waals surface area contributed by atoms with Crippen molar-refractivity contribution in [3.8, 4) is 5.69 Å². The van der Waals surface area contributed by atoms with Crippen LogP contribution in [0.4, 0.5) is 11.4 Å². The Balaban J connectivity index is 1.39. The molecule has 1 aromatic heterocycles. The highest BCUT2D eigenvalue weighted by atomic mass is 35.5.